The number of ether oxygens (including phenoxy) is 3. The number of benzene rings is 3. The minimum Gasteiger partial charge on any atom is -0.489 e. The van der Waals surface area contributed by atoms with Crippen LogP contribution in [0.1, 0.15) is 18.1 Å². The molecule has 168 valence electrons. The van der Waals surface area contributed by atoms with E-state index in [1.165, 1.54) is 6.21 Å². The summed E-state index contributed by atoms with van der Waals surface area (Å²) in [5.74, 6) is 3.85. The Morgan fingerprint density at radius 1 is 1.09 bits per heavy atom. The normalized spacial score (nSPS) is 11.4. The molecule has 0 bridgehead atoms. The molecule has 3 aromatic rings. The Morgan fingerprint density at radius 2 is 1.82 bits per heavy atom. The first-order chi connectivity index (χ1) is 16.0. The maximum atomic E-state index is 12.3. The largest absolute Gasteiger partial charge is 0.489 e. The standard InChI is InChI=1S/C26H23BrN2O4/c1-3-15-31-25-14-9-22(27)16-21(25)17-28-29-26(30)19(2)33-24-12-10-23(11-13-24)32-18-20-7-5-4-6-8-20/h1,4-14,16-17,19H,15,18H2,2H3,(H,29,30). The summed E-state index contributed by atoms with van der Waals surface area (Å²) in [7, 11) is 0. The van der Waals surface area contributed by atoms with E-state index < -0.39 is 12.0 Å². The van der Waals surface area contributed by atoms with Crippen LogP contribution in [0.5, 0.6) is 17.2 Å². The van der Waals surface area contributed by atoms with E-state index in [1.54, 1.807) is 37.3 Å². The van der Waals surface area contributed by atoms with Crippen LogP contribution in [-0.2, 0) is 11.4 Å². The second kappa shape index (κ2) is 12.3. The number of amides is 1. The minimum atomic E-state index is -0.752. The molecule has 0 saturated carbocycles. The van der Waals surface area contributed by atoms with Crippen molar-refractivity contribution in [1.82, 2.24) is 5.43 Å². The summed E-state index contributed by atoms with van der Waals surface area (Å²) < 4.78 is 17.8. The molecule has 0 aliphatic rings. The van der Waals surface area contributed by atoms with Crippen LogP contribution in [-0.4, -0.2) is 24.8 Å². The van der Waals surface area contributed by atoms with Crippen molar-refractivity contribution in [1.29, 1.82) is 0 Å². The fraction of sp³-hybridized carbons (Fsp3) is 0.154. The van der Waals surface area contributed by atoms with Gasteiger partial charge in [0.2, 0.25) is 0 Å². The van der Waals surface area contributed by atoms with Gasteiger partial charge >= 0.3 is 0 Å². The Hall–Kier alpha value is -3.76. The van der Waals surface area contributed by atoms with Crippen molar-refractivity contribution in [2.45, 2.75) is 19.6 Å². The molecule has 0 aromatic heterocycles. The fourth-order valence-corrected chi connectivity index (χ4v) is 3.12. The second-order valence-electron chi connectivity index (χ2n) is 6.91. The smallest absolute Gasteiger partial charge is 0.280 e. The maximum Gasteiger partial charge on any atom is 0.280 e. The number of hydrogen-bond acceptors (Lipinski definition) is 5. The molecule has 0 spiro atoms. The molecule has 0 heterocycles. The van der Waals surface area contributed by atoms with Gasteiger partial charge in [-0.1, -0.05) is 52.2 Å². The van der Waals surface area contributed by atoms with Gasteiger partial charge in [-0.15, -0.1) is 6.42 Å². The highest BCUT2D eigenvalue weighted by Gasteiger charge is 2.14. The van der Waals surface area contributed by atoms with Gasteiger partial charge in [-0.3, -0.25) is 4.79 Å². The first-order valence-corrected chi connectivity index (χ1v) is 11.0. The molecule has 1 atom stereocenters. The molecule has 7 heteroatoms. The van der Waals surface area contributed by atoms with Crippen LogP contribution in [0.2, 0.25) is 0 Å². The molecule has 0 aliphatic carbocycles. The SMILES string of the molecule is C#CCOc1ccc(Br)cc1C=NNC(=O)C(C)Oc1ccc(OCc2ccccc2)cc1. The van der Waals surface area contributed by atoms with E-state index in [0.717, 1.165) is 10.0 Å². The fourth-order valence-electron chi connectivity index (χ4n) is 2.74. The lowest BCUT2D eigenvalue weighted by atomic mass is 10.2. The molecule has 0 fully saturated rings. The van der Waals surface area contributed by atoms with Crippen molar-refractivity contribution in [2.24, 2.45) is 5.10 Å². The number of rotatable bonds is 10. The van der Waals surface area contributed by atoms with Crippen LogP contribution < -0.4 is 19.6 Å². The van der Waals surface area contributed by atoms with Crippen molar-refractivity contribution >= 4 is 28.1 Å². The van der Waals surface area contributed by atoms with Gasteiger partial charge in [0, 0.05) is 10.0 Å². The lowest BCUT2D eigenvalue weighted by molar-refractivity contribution is -0.127. The van der Waals surface area contributed by atoms with E-state index in [4.69, 9.17) is 20.6 Å². The molecule has 3 aromatic carbocycles. The van der Waals surface area contributed by atoms with E-state index in [0.29, 0.717) is 29.4 Å². The average Bonchev–Trinajstić information content (AvgIpc) is 2.83. The number of carbonyl (C=O) groups excluding carboxylic acids is 1. The predicted octanol–water partition coefficient (Wildman–Crippen LogP) is 4.96. The van der Waals surface area contributed by atoms with Gasteiger partial charge in [-0.2, -0.15) is 5.10 Å². The molecule has 1 N–H and O–H groups in total. The molecule has 3 rings (SSSR count). The van der Waals surface area contributed by atoms with Crippen molar-refractivity contribution in [3.8, 4) is 29.6 Å². The number of terminal acetylenes is 1. The third-order valence-corrected chi connectivity index (χ3v) is 4.91. The summed E-state index contributed by atoms with van der Waals surface area (Å²) in [6.07, 6.45) is 5.98. The van der Waals surface area contributed by atoms with Crippen LogP contribution in [0.15, 0.2) is 82.4 Å². The number of nitrogens with one attached hydrogen (secondary N) is 1. The topological polar surface area (TPSA) is 69.2 Å². The Balaban J connectivity index is 1.50. The van der Waals surface area contributed by atoms with Gasteiger partial charge in [0.15, 0.2) is 6.10 Å². The number of halogens is 1. The highest BCUT2D eigenvalue weighted by Crippen LogP contribution is 2.22. The predicted molar refractivity (Wildman–Crippen MR) is 132 cm³/mol. The van der Waals surface area contributed by atoms with Gasteiger partial charge in [-0.05, 0) is 55.0 Å². The quantitative estimate of drug-likeness (QED) is 0.239. The van der Waals surface area contributed by atoms with Crippen LogP contribution in [0, 0.1) is 12.3 Å². The van der Waals surface area contributed by atoms with Gasteiger partial charge < -0.3 is 14.2 Å². The number of carbonyl (C=O) groups is 1. The molecule has 0 aliphatic heterocycles. The lowest BCUT2D eigenvalue weighted by Gasteiger charge is -2.13. The Labute approximate surface area is 201 Å². The zero-order valence-corrected chi connectivity index (χ0v) is 19.6. The highest BCUT2D eigenvalue weighted by molar-refractivity contribution is 9.10. The molecule has 1 amide bonds. The van der Waals surface area contributed by atoms with Crippen LogP contribution in [0.3, 0.4) is 0 Å². The summed E-state index contributed by atoms with van der Waals surface area (Å²) in [6, 6.07) is 22.4. The van der Waals surface area contributed by atoms with Gasteiger partial charge in [0.1, 0.15) is 30.5 Å². The van der Waals surface area contributed by atoms with E-state index in [2.05, 4.69) is 32.4 Å². The van der Waals surface area contributed by atoms with E-state index in [-0.39, 0.29) is 6.61 Å². The van der Waals surface area contributed by atoms with E-state index >= 15 is 0 Å². The van der Waals surface area contributed by atoms with E-state index in [1.807, 2.05) is 42.5 Å². The molecule has 6 nitrogen and oxygen atoms in total. The maximum absolute atomic E-state index is 12.3. The van der Waals surface area contributed by atoms with E-state index in [9.17, 15) is 4.79 Å². The Bertz CT molecular complexity index is 1130. The molecule has 0 saturated heterocycles. The van der Waals surface area contributed by atoms with Crippen molar-refractivity contribution in [3.05, 3.63) is 88.4 Å². The van der Waals surface area contributed by atoms with Gasteiger partial charge in [-0.25, -0.2) is 5.43 Å². The summed E-state index contributed by atoms with van der Waals surface area (Å²) in [4.78, 5) is 12.3. The third kappa shape index (κ3) is 7.70. The second-order valence-corrected chi connectivity index (χ2v) is 7.83. The first-order valence-electron chi connectivity index (χ1n) is 10.2. The summed E-state index contributed by atoms with van der Waals surface area (Å²) in [5.41, 5.74) is 4.22. The monoisotopic (exact) mass is 506 g/mol. The zero-order valence-electron chi connectivity index (χ0n) is 18.0. The molecule has 33 heavy (non-hydrogen) atoms. The average molecular weight is 507 g/mol. The van der Waals surface area contributed by atoms with Crippen LogP contribution in [0.4, 0.5) is 0 Å². The van der Waals surface area contributed by atoms with Crippen molar-refractivity contribution in [3.63, 3.8) is 0 Å². The molecule has 1 unspecified atom stereocenters. The van der Waals surface area contributed by atoms with Gasteiger partial charge in [0.25, 0.3) is 5.91 Å². The van der Waals surface area contributed by atoms with Gasteiger partial charge in [0.05, 0.1) is 6.21 Å². The zero-order chi connectivity index (χ0) is 23.5. The number of hydrogen-bond donors (Lipinski definition) is 1. The molecular weight excluding hydrogens is 484 g/mol. The van der Waals surface area contributed by atoms with Crippen LogP contribution in [0.25, 0.3) is 0 Å². The molecule has 0 radical (unpaired) electrons. The number of hydrazone groups is 1. The Morgan fingerprint density at radius 3 is 2.55 bits per heavy atom. The summed E-state index contributed by atoms with van der Waals surface area (Å²) in [5, 5.41) is 4.00. The Kier molecular flexibility index (Phi) is 8.92. The highest BCUT2D eigenvalue weighted by atomic mass is 79.9. The summed E-state index contributed by atoms with van der Waals surface area (Å²) >= 11 is 3.40. The third-order valence-electron chi connectivity index (χ3n) is 4.42. The van der Waals surface area contributed by atoms with Crippen molar-refractivity contribution < 1.29 is 19.0 Å². The van der Waals surface area contributed by atoms with Crippen molar-refractivity contribution in [2.75, 3.05) is 6.61 Å². The molecular formula is C26H23BrN2O4. The number of nitrogens with zero attached hydrogens (tertiary/aromatic N) is 1. The van der Waals surface area contributed by atoms with Crippen LogP contribution >= 0.6 is 15.9 Å². The first kappa shape index (κ1) is 23.9. The summed E-state index contributed by atoms with van der Waals surface area (Å²) in [6.45, 7) is 2.26. The minimum absolute atomic E-state index is 0.135. The lowest BCUT2D eigenvalue weighted by Crippen LogP contribution is -2.33.